The Hall–Kier alpha value is -1.66. The molecule has 0 rings (SSSR count). The quantitative estimate of drug-likeness (QED) is 0.0321. The van der Waals surface area contributed by atoms with Gasteiger partial charge in [-0.25, -0.2) is 0 Å². The van der Waals surface area contributed by atoms with Gasteiger partial charge in [0.05, 0.1) is 25.4 Å². The number of esters is 1. The average Bonchev–Trinajstić information content (AvgIpc) is 3.31. The lowest BCUT2D eigenvalue weighted by molar-refractivity contribution is -0.143. The summed E-state index contributed by atoms with van der Waals surface area (Å²) in [6.45, 7) is 4.92. The Morgan fingerprint density at radius 3 is 1.20 bits per heavy atom. The maximum Gasteiger partial charge on any atom is 0.305 e. The zero-order chi connectivity index (χ0) is 47.2. The van der Waals surface area contributed by atoms with Crippen molar-refractivity contribution in [2.45, 2.75) is 328 Å². The van der Waals surface area contributed by atoms with E-state index in [9.17, 15) is 19.8 Å². The molecule has 0 radical (unpaired) electrons. The molecule has 0 fully saturated rings. The number of hydrogen-bond donors (Lipinski definition) is 3. The first-order chi connectivity index (χ1) is 32.0. The molecule has 0 aliphatic carbocycles. The lowest BCUT2D eigenvalue weighted by Crippen LogP contribution is -2.45. The van der Waals surface area contributed by atoms with E-state index in [-0.39, 0.29) is 18.5 Å². The van der Waals surface area contributed by atoms with Crippen molar-refractivity contribution in [2.24, 2.45) is 0 Å². The van der Waals surface area contributed by atoms with E-state index in [1.165, 1.54) is 231 Å². The Bertz CT molecular complexity index is 1010. The van der Waals surface area contributed by atoms with Gasteiger partial charge >= 0.3 is 5.97 Å². The van der Waals surface area contributed by atoms with Crippen molar-refractivity contribution >= 4 is 11.9 Å². The molecule has 0 saturated heterocycles. The van der Waals surface area contributed by atoms with Crippen LogP contribution in [0, 0.1) is 0 Å². The lowest BCUT2D eigenvalue weighted by atomic mass is 10.0. The summed E-state index contributed by atoms with van der Waals surface area (Å²) in [5, 5.41) is 23.2. The second-order valence-electron chi connectivity index (χ2n) is 20.0. The summed E-state index contributed by atoms with van der Waals surface area (Å²) in [6, 6.07) is -0.541. The van der Waals surface area contributed by atoms with E-state index in [1.54, 1.807) is 0 Å². The Morgan fingerprint density at radius 2 is 0.769 bits per heavy atom. The molecular weight excluding hydrogens is 803 g/mol. The van der Waals surface area contributed by atoms with Crippen molar-refractivity contribution in [2.75, 3.05) is 13.2 Å². The number of unbranched alkanes of at least 4 members (excludes halogenated alkanes) is 39. The van der Waals surface area contributed by atoms with Crippen LogP contribution in [0.3, 0.4) is 0 Å². The van der Waals surface area contributed by atoms with Crippen molar-refractivity contribution in [1.82, 2.24) is 5.32 Å². The predicted molar refractivity (Wildman–Crippen MR) is 283 cm³/mol. The average molecular weight is 917 g/mol. The molecule has 6 heteroatoms. The van der Waals surface area contributed by atoms with Gasteiger partial charge in [0, 0.05) is 12.8 Å². The molecule has 384 valence electrons. The van der Waals surface area contributed by atoms with E-state index >= 15 is 0 Å². The van der Waals surface area contributed by atoms with Crippen LogP contribution in [0.1, 0.15) is 316 Å². The number of rotatable bonds is 54. The van der Waals surface area contributed by atoms with E-state index in [0.717, 1.165) is 51.4 Å². The van der Waals surface area contributed by atoms with Gasteiger partial charge in [0.2, 0.25) is 5.91 Å². The highest BCUT2D eigenvalue weighted by Gasteiger charge is 2.20. The summed E-state index contributed by atoms with van der Waals surface area (Å²) in [6.07, 6.45) is 66.0. The molecule has 0 heterocycles. The summed E-state index contributed by atoms with van der Waals surface area (Å²) in [4.78, 5) is 24.5. The fourth-order valence-corrected chi connectivity index (χ4v) is 9.02. The van der Waals surface area contributed by atoms with E-state index in [0.29, 0.717) is 25.9 Å². The van der Waals surface area contributed by atoms with E-state index in [4.69, 9.17) is 4.74 Å². The standard InChI is InChI=1S/C59H113NO5/c1-3-5-7-9-11-13-15-16-17-22-26-29-33-37-41-45-49-53-59(64)65-54-50-46-42-38-34-30-27-24-21-19-18-20-23-25-28-32-36-40-44-48-52-58(63)60-56(55-61)57(62)51-47-43-39-35-31-14-12-10-8-6-4-2/h11,13,16-17,56-57,61-62H,3-10,12,14-15,18-55H2,1-2H3,(H,60,63)/b13-11-,17-16-. The third kappa shape index (κ3) is 51.6. The van der Waals surface area contributed by atoms with Crippen molar-refractivity contribution < 1.29 is 24.5 Å². The normalized spacial score (nSPS) is 12.7. The number of carbonyl (C=O) groups is 2. The molecule has 0 aliphatic heterocycles. The van der Waals surface area contributed by atoms with Crippen molar-refractivity contribution in [3.63, 3.8) is 0 Å². The fraction of sp³-hybridized carbons (Fsp3) is 0.898. The van der Waals surface area contributed by atoms with Crippen LogP contribution in [0.25, 0.3) is 0 Å². The maximum atomic E-state index is 12.4. The third-order valence-electron chi connectivity index (χ3n) is 13.5. The smallest absolute Gasteiger partial charge is 0.305 e. The molecule has 0 aromatic carbocycles. The molecule has 2 unspecified atom stereocenters. The van der Waals surface area contributed by atoms with Crippen LogP contribution in [0.5, 0.6) is 0 Å². The molecule has 65 heavy (non-hydrogen) atoms. The van der Waals surface area contributed by atoms with Gasteiger partial charge in [0.1, 0.15) is 0 Å². The number of aliphatic hydroxyl groups is 2. The van der Waals surface area contributed by atoms with Gasteiger partial charge in [0.25, 0.3) is 0 Å². The minimum atomic E-state index is -0.664. The largest absolute Gasteiger partial charge is 0.466 e. The molecule has 0 aromatic heterocycles. The van der Waals surface area contributed by atoms with E-state index in [1.807, 2.05) is 0 Å². The van der Waals surface area contributed by atoms with Crippen LogP contribution in [0.4, 0.5) is 0 Å². The minimum absolute atomic E-state index is 0.00295. The van der Waals surface area contributed by atoms with Crippen LogP contribution in [0.15, 0.2) is 24.3 Å². The zero-order valence-electron chi connectivity index (χ0n) is 43.7. The molecule has 2 atom stereocenters. The second-order valence-corrected chi connectivity index (χ2v) is 20.0. The third-order valence-corrected chi connectivity index (χ3v) is 13.5. The number of ether oxygens (including phenoxy) is 1. The van der Waals surface area contributed by atoms with Crippen LogP contribution >= 0.6 is 0 Å². The number of amides is 1. The van der Waals surface area contributed by atoms with E-state index in [2.05, 4.69) is 43.5 Å². The van der Waals surface area contributed by atoms with Gasteiger partial charge in [-0.05, 0) is 57.8 Å². The lowest BCUT2D eigenvalue weighted by Gasteiger charge is -2.22. The molecule has 1 amide bonds. The minimum Gasteiger partial charge on any atom is -0.466 e. The van der Waals surface area contributed by atoms with Crippen molar-refractivity contribution in [3.8, 4) is 0 Å². The Morgan fingerprint density at radius 1 is 0.431 bits per heavy atom. The molecule has 3 N–H and O–H groups in total. The highest BCUT2D eigenvalue weighted by Crippen LogP contribution is 2.17. The van der Waals surface area contributed by atoms with E-state index < -0.39 is 12.1 Å². The molecular formula is C59H113NO5. The number of hydrogen-bond acceptors (Lipinski definition) is 5. The summed E-state index contributed by atoms with van der Waals surface area (Å²) in [5.41, 5.74) is 0. The van der Waals surface area contributed by atoms with Crippen molar-refractivity contribution in [1.29, 1.82) is 0 Å². The molecule has 0 aromatic rings. The van der Waals surface area contributed by atoms with Gasteiger partial charge in [0.15, 0.2) is 0 Å². The fourth-order valence-electron chi connectivity index (χ4n) is 9.02. The van der Waals surface area contributed by atoms with Crippen LogP contribution in [-0.4, -0.2) is 47.4 Å². The molecule has 0 spiro atoms. The van der Waals surface area contributed by atoms with Gasteiger partial charge in [-0.1, -0.05) is 269 Å². The Kier molecular flexibility index (Phi) is 53.5. The monoisotopic (exact) mass is 916 g/mol. The SMILES string of the molecule is CCCCC/C=C\C/C=C\CCCCCCCCCC(=O)OCCCCCCCCCCCCCCCCCCCCCCC(=O)NC(CO)C(O)CCCCCCCCCCCCC. The number of aliphatic hydroxyl groups excluding tert-OH is 2. The van der Waals surface area contributed by atoms with Crippen molar-refractivity contribution in [3.05, 3.63) is 24.3 Å². The maximum absolute atomic E-state index is 12.4. The van der Waals surface area contributed by atoms with Crippen LogP contribution < -0.4 is 5.32 Å². The summed E-state index contributed by atoms with van der Waals surface area (Å²) >= 11 is 0. The summed E-state index contributed by atoms with van der Waals surface area (Å²) < 4.78 is 5.48. The molecule has 0 saturated carbocycles. The van der Waals surface area contributed by atoms with Gasteiger partial charge in [-0.3, -0.25) is 9.59 Å². The van der Waals surface area contributed by atoms with Crippen LogP contribution in [0.2, 0.25) is 0 Å². The molecule has 0 aliphatic rings. The first-order valence-corrected chi connectivity index (χ1v) is 29.1. The Labute approximate surface area is 405 Å². The number of allylic oxidation sites excluding steroid dienone is 4. The van der Waals surface area contributed by atoms with Gasteiger partial charge < -0.3 is 20.3 Å². The first-order valence-electron chi connectivity index (χ1n) is 29.1. The molecule has 6 nitrogen and oxygen atoms in total. The topological polar surface area (TPSA) is 95.9 Å². The number of carbonyl (C=O) groups excluding carboxylic acids is 2. The predicted octanol–water partition coefficient (Wildman–Crippen LogP) is 17.9. The van der Waals surface area contributed by atoms with Gasteiger partial charge in [-0.2, -0.15) is 0 Å². The molecule has 0 bridgehead atoms. The first kappa shape index (κ1) is 63.3. The number of nitrogens with one attached hydrogen (secondary N) is 1. The Balaban J connectivity index is 3.37. The zero-order valence-corrected chi connectivity index (χ0v) is 43.7. The summed E-state index contributed by atoms with van der Waals surface area (Å²) in [5.74, 6) is -0.0344. The second kappa shape index (κ2) is 54.9. The van der Waals surface area contributed by atoms with Gasteiger partial charge in [-0.15, -0.1) is 0 Å². The summed E-state index contributed by atoms with van der Waals surface area (Å²) in [7, 11) is 0. The highest BCUT2D eigenvalue weighted by molar-refractivity contribution is 5.76. The highest BCUT2D eigenvalue weighted by atomic mass is 16.5. The van der Waals surface area contributed by atoms with Crippen LogP contribution in [-0.2, 0) is 14.3 Å².